The number of nitro benzene ring substituents is 2. The van der Waals surface area contributed by atoms with Crippen LogP contribution in [0.25, 0.3) is 0 Å². The van der Waals surface area contributed by atoms with Crippen LogP contribution in [0, 0.1) is 20.2 Å². The van der Waals surface area contributed by atoms with Crippen LogP contribution >= 0.6 is 0 Å². The van der Waals surface area contributed by atoms with Crippen LogP contribution in [0.1, 0.15) is 84.9 Å². The molecule has 0 N–H and O–H groups in total. The van der Waals surface area contributed by atoms with Crippen LogP contribution in [0.2, 0.25) is 0 Å². The summed E-state index contributed by atoms with van der Waals surface area (Å²) >= 11 is 0. The highest BCUT2D eigenvalue weighted by Crippen LogP contribution is 2.24. The normalized spacial score (nSPS) is 10.6. The number of benzene rings is 2. The Kier molecular flexibility index (Phi) is 12.6. The van der Waals surface area contributed by atoms with Crippen molar-refractivity contribution in [3.05, 3.63) is 67.8 Å². The van der Waals surface area contributed by atoms with Crippen molar-refractivity contribution in [3.63, 3.8) is 0 Å². The van der Waals surface area contributed by atoms with Crippen molar-refractivity contribution in [1.29, 1.82) is 0 Å². The van der Waals surface area contributed by atoms with Gasteiger partial charge < -0.3 is 9.47 Å². The highest BCUT2D eigenvalue weighted by atomic mass is 16.6. The Balaban J connectivity index is 1.44. The molecule has 0 atom stereocenters. The summed E-state index contributed by atoms with van der Waals surface area (Å²) in [5.74, 6) is 0.929. The predicted octanol–water partition coefficient (Wildman–Crippen LogP) is 6.49. The van der Waals surface area contributed by atoms with Gasteiger partial charge in [0.25, 0.3) is 11.4 Å². The molecule has 0 spiro atoms. The van der Waals surface area contributed by atoms with Crippen molar-refractivity contribution in [3.8, 4) is 11.5 Å². The molecule has 0 saturated heterocycles. The standard InChI is InChI=1S/C26H32N2O8/c29-19-21-17-23(11-13-25(21)27(31)32)35-15-9-7-5-3-1-2-4-6-8-10-16-36-24-12-14-26(28(33)34)22(18-24)20-30/h11-14,17-20H,1-10,15-16H2. The summed E-state index contributed by atoms with van der Waals surface area (Å²) < 4.78 is 11.2. The Morgan fingerprint density at radius 1 is 0.583 bits per heavy atom. The number of nitro groups is 2. The molecule has 10 heteroatoms. The largest absolute Gasteiger partial charge is 0.494 e. The highest BCUT2D eigenvalue weighted by Gasteiger charge is 2.14. The molecule has 2 aromatic carbocycles. The molecule has 0 fully saturated rings. The van der Waals surface area contributed by atoms with Crippen LogP contribution in [-0.4, -0.2) is 35.6 Å². The molecular formula is C26H32N2O8. The van der Waals surface area contributed by atoms with Crippen LogP contribution in [0.4, 0.5) is 11.4 Å². The minimum atomic E-state index is -0.585. The van der Waals surface area contributed by atoms with E-state index >= 15 is 0 Å². The van der Waals surface area contributed by atoms with Gasteiger partial charge in [-0.15, -0.1) is 0 Å². The second kappa shape index (κ2) is 16.0. The second-order valence-electron chi connectivity index (χ2n) is 8.42. The van der Waals surface area contributed by atoms with Crippen molar-refractivity contribution in [2.45, 2.75) is 64.2 Å². The number of aldehydes is 2. The lowest BCUT2D eigenvalue weighted by Crippen LogP contribution is -2.00. The van der Waals surface area contributed by atoms with Gasteiger partial charge in [-0.3, -0.25) is 29.8 Å². The third kappa shape index (κ3) is 9.81. The van der Waals surface area contributed by atoms with E-state index in [1.807, 2.05) is 0 Å². The molecule has 0 aliphatic heterocycles. The van der Waals surface area contributed by atoms with Gasteiger partial charge in [-0.25, -0.2) is 0 Å². The zero-order valence-corrected chi connectivity index (χ0v) is 20.3. The fraction of sp³-hybridized carbons (Fsp3) is 0.462. The van der Waals surface area contributed by atoms with Crippen molar-refractivity contribution < 1.29 is 28.9 Å². The lowest BCUT2D eigenvalue weighted by atomic mass is 10.1. The van der Waals surface area contributed by atoms with Gasteiger partial charge in [-0.05, 0) is 37.1 Å². The molecule has 0 saturated carbocycles. The summed E-state index contributed by atoms with van der Waals surface area (Å²) in [6.45, 7) is 1.02. The molecule has 0 radical (unpaired) electrons. The second-order valence-corrected chi connectivity index (χ2v) is 8.42. The first-order chi connectivity index (χ1) is 17.5. The average Bonchev–Trinajstić information content (AvgIpc) is 2.88. The van der Waals surface area contributed by atoms with E-state index in [9.17, 15) is 29.8 Å². The topological polar surface area (TPSA) is 139 Å². The first-order valence-electron chi connectivity index (χ1n) is 12.2. The molecule has 0 aromatic heterocycles. The Labute approximate surface area is 209 Å². The lowest BCUT2D eigenvalue weighted by Gasteiger charge is -2.07. The molecule has 0 unspecified atom stereocenters. The molecule has 194 valence electrons. The van der Waals surface area contributed by atoms with E-state index in [-0.39, 0.29) is 22.5 Å². The number of nitrogens with zero attached hydrogens (tertiary/aromatic N) is 2. The van der Waals surface area contributed by atoms with Crippen LogP contribution in [-0.2, 0) is 0 Å². The molecule has 0 heterocycles. The maximum Gasteiger partial charge on any atom is 0.280 e. The van der Waals surface area contributed by atoms with Crippen LogP contribution < -0.4 is 9.47 Å². The fourth-order valence-electron chi connectivity index (χ4n) is 3.76. The fourth-order valence-corrected chi connectivity index (χ4v) is 3.76. The molecule has 10 nitrogen and oxygen atoms in total. The quantitative estimate of drug-likeness (QED) is 0.0923. The summed E-state index contributed by atoms with van der Waals surface area (Å²) in [6, 6.07) is 8.39. The number of unbranched alkanes of at least 4 members (excludes halogenated alkanes) is 9. The molecule has 0 aliphatic rings. The summed E-state index contributed by atoms with van der Waals surface area (Å²) in [6.07, 6.45) is 11.7. The lowest BCUT2D eigenvalue weighted by molar-refractivity contribution is -0.385. The smallest absolute Gasteiger partial charge is 0.280 e. The molecule has 0 aliphatic carbocycles. The van der Waals surface area contributed by atoms with Crippen molar-refractivity contribution in [1.82, 2.24) is 0 Å². The van der Waals surface area contributed by atoms with E-state index in [2.05, 4.69) is 0 Å². The van der Waals surface area contributed by atoms with Gasteiger partial charge in [0.1, 0.15) is 11.5 Å². The van der Waals surface area contributed by atoms with E-state index in [1.165, 1.54) is 49.2 Å². The first kappa shape index (κ1) is 28.4. The molecule has 2 rings (SSSR count). The molecular weight excluding hydrogens is 468 g/mol. The number of ether oxygens (including phenoxy) is 2. The van der Waals surface area contributed by atoms with Gasteiger partial charge in [0.2, 0.25) is 0 Å². The monoisotopic (exact) mass is 500 g/mol. The van der Waals surface area contributed by atoms with Gasteiger partial charge in [0, 0.05) is 12.1 Å². The van der Waals surface area contributed by atoms with E-state index in [4.69, 9.17) is 9.47 Å². The SMILES string of the molecule is O=Cc1cc(OCCCCCCCCCCCCOc2ccc([N+](=O)[O-])c(C=O)c2)ccc1[N+](=O)[O-]. The van der Waals surface area contributed by atoms with Gasteiger partial charge in [-0.2, -0.15) is 0 Å². The van der Waals surface area contributed by atoms with Gasteiger partial charge in [-0.1, -0.05) is 51.4 Å². The van der Waals surface area contributed by atoms with Gasteiger partial charge >= 0.3 is 0 Å². The Morgan fingerprint density at radius 2 is 0.917 bits per heavy atom. The first-order valence-corrected chi connectivity index (χ1v) is 12.2. The van der Waals surface area contributed by atoms with Crippen LogP contribution in [0.15, 0.2) is 36.4 Å². The van der Waals surface area contributed by atoms with E-state index in [0.717, 1.165) is 51.4 Å². The van der Waals surface area contributed by atoms with Crippen molar-refractivity contribution >= 4 is 23.9 Å². The summed E-state index contributed by atoms with van der Waals surface area (Å²) in [4.78, 5) is 42.5. The Morgan fingerprint density at radius 3 is 1.22 bits per heavy atom. The highest BCUT2D eigenvalue weighted by molar-refractivity contribution is 5.82. The van der Waals surface area contributed by atoms with E-state index < -0.39 is 9.85 Å². The summed E-state index contributed by atoms with van der Waals surface area (Å²) in [7, 11) is 0. The minimum absolute atomic E-state index is 0.0164. The molecule has 0 bridgehead atoms. The molecule has 36 heavy (non-hydrogen) atoms. The number of carbonyl (C=O) groups is 2. The molecule has 0 amide bonds. The number of rotatable bonds is 19. The third-order valence-electron chi connectivity index (χ3n) is 5.72. The maximum atomic E-state index is 11.0. The molecule has 2 aromatic rings. The minimum Gasteiger partial charge on any atom is -0.494 e. The van der Waals surface area contributed by atoms with Gasteiger partial charge in [0.05, 0.1) is 34.2 Å². The number of hydrogen-bond donors (Lipinski definition) is 0. The van der Waals surface area contributed by atoms with Crippen LogP contribution in [0.5, 0.6) is 11.5 Å². The predicted molar refractivity (Wildman–Crippen MR) is 134 cm³/mol. The Hall–Kier alpha value is -3.82. The maximum absolute atomic E-state index is 11.0. The Bertz CT molecular complexity index is 943. The third-order valence-corrected chi connectivity index (χ3v) is 5.72. The van der Waals surface area contributed by atoms with Crippen molar-refractivity contribution in [2.75, 3.05) is 13.2 Å². The van der Waals surface area contributed by atoms with Crippen LogP contribution in [0.3, 0.4) is 0 Å². The summed E-state index contributed by atoms with van der Waals surface area (Å²) in [5, 5.41) is 21.7. The van der Waals surface area contributed by atoms with Gasteiger partial charge in [0.15, 0.2) is 12.6 Å². The number of hydrogen-bond acceptors (Lipinski definition) is 8. The number of carbonyl (C=O) groups excluding carboxylic acids is 2. The zero-order chi connectivity index (χ0) is 26.2. The summed E-state index contributed by atoms with van der Waals surface area (Å²) in [5.41, 5.74) is -0.408. The van der Waals surface area contributed by atoms with E-state index in [0.29, 0.717) is 37.3 Å². The van der Waals surface area contributed by atoms with Crippen molar-refractivity contribution in [2.24, 2.45) is 0 Å². The zero-order valence-electron chi connectivity index (χ0n) is 20.3. The van der Waals surface area contributed by atoms with E-state index in [1.54, 1.807) is 0 Å². The average molecular weight is 501 g/mol.